The summed E-state index contributed by atoms with van der Waals surface area (Å²) < 4.78 is 4.94. The lowest BCUT2D eigenvalue weighted by molar-refractivity contribution is 0.768. The zero-order valence-corrected chi connectivity index (χ0v) is 35.7. The number of benzene rings is 10. The van der Waals surface area contributed by atoms with Crippen LogP contribution in [0.5, 0.6) is 0 Å². The molecule has 0 spiro atoms. The Morgan fingerprint density at radius 2 is 0.938 bits per heavy atom. The molecule has 0 atom stereocenters. The number of aromatic nitrogens is 1. The van der Waals surface area contributed by atoms with Gasteiger partial charge in [-0.2, -0.15) is 0 Å². The number of para-hydroxylation sites is 2. The molecule has 0 bridgehead atoms. The summed E-state index contributed by atoms with van der Waals surface area (Å²) in [5, 5.41) is 5.05. The molecule has 300 valence electrons. The van der Waals surface area contributed by atoms with E-state index >= 15 is 0 Å². The zero-order valence-electron chi connectivity index (χ0n) is 34.9. The molecule has 12 aromatic rings. The Balaban J connectivity index is 1.05. The lowest BCUT2D eigenvalue weighted by Gasteiger charge is -2.35. The fraction of sp³-hybridized carbons (Fsp3) is 0.0164. The third kappa shape index (κ3) is 5.44. The van der Waals surface area contributed by atoms with Crippen molar-refractivity contribution in [1.82, 2.24) is 4.57 Å². The first-order valence-corrected chi connectivity index (χ1v) is 22.8. The molecule has 10 aromatic carbocycles. The number of hydrogen-bond donors (Lipinski definition) is 0. The van der Waals surface area contributed by atoms with E-state index < -0.39 is 5.41 Å². The standard InChI is InChI=1S/C61H40N2S/c1-4-17-41(18-5-1)42-31-33-45(34-32-42)62(47-35-37-49-48-23-10-13-27-54(48)61(55(49)40-47,43-19-6-2-7-20-43)44-21-8-3-9-22-44)58-30-16-26-52-53-39-46(36-38-59(53)64-60(52)58)63-56-28-14-11-24-50(56)51-25-12-15-29-57(51)63/h1-40H. The Hall–Kier alpha value is -7.98. The number of hydrogen-bond acceptors (Lipinski definition) is 2. The quantitative estimate of drug-likeness (QED) is 0.155. The van der Waals surface area contributed by atoms with Crippen molar-refractivity contribution in [3.8, 4) is 27.9 Å². The second-order valence-electron chi connectivity index (χ2n) is 16.8. The smallest absolute Gasteiger partial charge is 0.0714 e. The first kappa shape index (κ1) is 36.7. The molecule has 3 heteroatoms. The molecule has 0 aliphatic heterocycles. The molecule has 1 aliphatic rings. The molecule has 1 aliphatic carbocycles. The Bertz CT molecular complexity index is 3620. The van der Waals surface area contributed by atoms with E-state index in [2.05, 4.69) is 252 Å². The summed E-state index contributed by atoms with van der Waals surface area (Å²) in [6.07, 6.45) is 0. The van der Waals surface area contributed by atoms with Crippen LogP contribution < -0.4 is 4.90 Å². The lowest BCUT2D eigenvalue weighted by atomic mass is 9.67. The largest absolute Gasteiger partial charge is 0.309 e. The highest BCUT2D eigenvalue weighted by molar-refractivity contribution is 7.26. The second kappa shape index (κ2) is 14.6. The van der Waals surface area contributed by atoms with Crippen molar-refractivity contribution in [1.29, 1.82) is 0 Å². The minimum absolute atomic E-state index is 0.514. The molecule has 13 rings (SSSR count). The van der Waals surface area contributed by atoms with Crippen LogP contribution in [0, 0.1) is 0 Å². The minimum atomic E-state index is -0.514. The molecule has 0 fully saturated rings. The number of thiophene rings is 1. The fourth-order valence-corrected chi connectivity index (χ4v) is 11.9. The zero-order chi connectivity index (χ0) is 42.2. The molecule has 0 amide bonds. The molecule has 0 saturated heterocycles. The third-order valence-corrected chi connectivity index (χ3v) is 14.7. The van der Waals surface area contributed by atoms with Crippen LogP contribution in [0.2, 0.25) is 0 Å². The molecule has 0 unspecified atom stereocenters. The summed E-state index contributed by atoms with van der Waals surface area (Å²) in [5.74, 6) is 0. The minimum Gasteiger partial charge on any atom is -0.309 e. The number of nitrogens with zero attached hydrogens (tertiary/aromatic N) is 2. The normalized spacial score (nSPS) is 12.8. The van der Waals surface area contributed by atoms with Crippen molar-refractivity contribution in [2.75, 3.05) is 4.90 Å². The van der Waals surface area contributed by atoms with Crippen molar-refractivity contribution < 1.29 is 0 Å². The molecule has 0 saturated carbocycles. The van der Waals surface area contributed by atoms with Crippen molar-refractivity contribution in [2.45, 2.75) is 5.41 Å². The highest BCUT2D eigenvalue weighted by Gasteiger charge is 2.46. The highest BCUT2D eigenvalue weighted by atomic mass is 32.1. The van der Waals surface area contributed by atoms with Gasteiger partial charge < -0.3 is 9.47 Å². The molecule has 2 aromatic heterocycles. The van der Waals surface area contributed by atoms with Crippen molar-refractivity contribution >= 4 is 70.4 Å². The first-order valence-electron chi connectivity index (χ1n) is 22.0. The van der Waals surface area contributed by atoms with Crippen LogP contribution in [0.3, 0.4) is 0 Å². The number of anilines is 3. The predicted molar refractivity (Wildman–Crippen MR) is 271 cm³/mol. The van der Waals surface area contributed by atoms with Crippen molar-refractivity contribution in [3.63, 3.8) is 0 Å². The first-order chi connectivity index (χ1) is 31.8. The van der Waals surface area contributed by atoms with Crippen LogP contribution in [-0.2, 0) is 5.41 Å². The van der Waals surface area contributed by atoms with Crippen LogP contribution in [0.25, 0.3) is 69.9 Å². The maximum absolute atomic E-state index is 2.49. The van der Waals surface area contributed by atoms with Gasteiger partial charge >= 0.3 is 0 Å². The highest BCUT2D eigenvalue weighted by Crippen LogP contribution is 2.57. The van der Waals surface area contributed by atoms with Gasteiger partial charge in [-0.15, -0.1) is 11.3 Å². The van der Waals surface area contributed by atoms with Gasteiger partial charge in [0.15, 0.2) is 0 Å². The van der Waals surface area contributed by atoms with Gasteiger partial charge in [0.25, 0.3) is 0 Å². The van der Waals surface area contributed by atoms with Gasteiger partial charge in [0.1, 0.15) is 0 Å². The molecule has 0 radical (unpaired) electrons. The van der Waals surface area contributed by atoms with Gasteiger partial charge in [-0.05, 0) is 105 Å². The van der Waals surface area contributed by atoms with Gasteiger partial charge in [0, 0.05) is 43.3 Å². The van der Waals surface area contributed by atoms with Gasteiger partial charge in [-0.3, -0.25) is 0 Å². The summed E-state index contributed by atoms with van der Waals surface area (Å²) in [6, 6.07) is 89.5. The summed E-state index contributed by atoms with van der Waals surface area (Å²) in [4.78, 5) is 2.49. The van der Waals surface area contributed by atoms with E-state index in [1.807, 2.05) is 11.3 Å². The third-order valence-electron chi connectivity index (χ3n) is 13.5. The van der Waals surface area contributed by atoms with Gasteiger partial charge in [0.2, 0.25) is 0 Å². The van der Waals surface area contributed by atoms with E-state index in [9.17, 15) is 0 Å². The van der Waals surface area contributed by atoms with E-state index in [0.717, 1.165) is 17.1 Å². The van der Waals surface area contributed by atoms with Crippen LogP contribution in [-0.4, -0.2) is 4.57 Å². The van der Waals surface area contributed by atoms with Gasteiger partial charge in [0.05, 0.1) is 26.8 Å². The van der Waals surface area contributed by atoms with Crippen LogP contribution in [0.1, 0.15) is 22.3 Å². The van der Waals surface area contributed by atoms with E-state index in [-0.39, 0.29) is 0 Å². The van der Waals surface area contributed by atoms with Crippen molar-refractivity contribution in [3.05, 3.63) is 265 Å². The lowest BCUT2D eigenvalue weighted by Crippen LogP contribution is -2.28. The second-order valence-corrected chi connectivity index (χ2v) is 17.9. The Morgan fingerprint density at radius 3 is 1.64 bits per heavy atom. The van der Waals surface area contributed by atoms with E-state index in [0.29, 0.717) is 0 Å². The summed E-state index contributed by atoms with van der Waals surface area (Å²) in [7, 11) is 0. The Kier molecular flexibility index (Phi) is 8.34. The predicted octanol–water partition coefficient (Wildman–Crippen LogP) is 16.7. The van der Waals surface area contributed by atoms with E-state index in [4.69, 9.17) is 0 Å². The van der Waals surface area contributed by atoms with Crippen molar-refractivity contribution in [2.24, 2.45) is 0 Å². The molecule has 64 heavy (non-hydrogen) atoms. The number of rotatable bonds is 7. The molecule has 2 heterocycles. The SMILES string of the molecule is c1ccc(-c2ccc(N(c3ccc4c(c3)C(c3ccccc3)(c3ccccc3)c3ccccc3-4)c3cccc4c3sc3ccc(-n5c6ccccc6c6ccccc65)cc34)cc2)cc1. The summed E-state index contributed by atoms with van der Waals surface area (Å²) in [6.45, 7) is 0. The molecular formula is C61H40N2S. The average Bonchev–Trinajstić information content (AvgIpc) is 4.02. The monoisotopic (exact) mass is 832 g/mol. The Labute approximate surface area is 376 Å². The maximum atomic E-state index is 2.49. The Morgan fingerprint density at radius 1 is 0.375 bits per heavy atom. The van der Waals surface area contributed by atoms with E-state index in [1.165, 1.54) is 92.2 Å². The van der Waals surface area contributed by atoms with Gasteiger partial charge in [-0.1, -0.05) is 182 Å². The van der Waals surface area contributed by atoms with E-state index in [1.54, 1.807) is 0 Å². The molecular weight excluding hydrogens is 793 g/mol. The fourth-order valence-electron chi connectivity index (χ4n) is 10.7. The maximum Gasteiger partial charge on any atom is 0.0714 e. The molecule has 2 nitrogen and oxygen atoms in total. The summed E-state index contributed by atoms with van der Waals surface area (Å²) in [5.41, 5.74) is 16.5. The van der Waals surface area contributed by atoms with Gasteiger partial charge in [-0.25, -0.2) is 0 Å². The topological polar surface area (TPSA) is 8.17 Å². The van der Waals surface area contributed by atoms with Crippen LogP contribution >= 0.6 is 11.3 Å². The van der Waals surface area contributed by atoms with Crippen LogP contribution in [0.15, 0.2) is 243 Å². The average molecular weight is 833 g/mol. The summed E-state index contributed by atoms with van der Waals surface area (Å²) >= 11 is 1.88. The number of fused-ring (bicyclic) bond motifs is 9. The molecule has 0 N–H and O–H groups in total. The van der Waals surface area contributed by atoms with Crippen LogP contribution in [0.4, 0.5) is 17.1 Å².